The molecule has 0 spiro atoms. The maximum atomic E-state index is 13.4. The fraction of sp³-hybridized carbons (Fsp3) is 0.484. The molecule has 0 saturated heterocycles. The summed E-state index contributed by atoms with van der Waals surface area (Å²) in [6.45, 7) is 0.737. The third-order valence-electron chi connectivity index (χ3n) is 8.69. The van der Waals surface area contributed by atoms with E-state index in [2.05, 4.69) is 10.6 Å². The zero-order valence-corrected chi connectivity index (χ0v) is 21.4. The zero-order chi connectivity index (χ0) is 25.2. The Morgan fingerprint density at radius 3 is 2.38 bits per heavy atom. The van der Waals surface area contributed by atoms with E-state index in [0.29, 0.717) is 25.5 Å². The summed E-state index contributed by atoms with van der Waals surface area (Å²) in [7, 11) is 0. The summed E-state index contributed by atoms with van der Waals surface area (Å²) in [4.78, 5) is 18.1. The molecule has 3 aromatic rings. The van der Waals surface area contributed by atoms with Crippen LogP contribution in [0.25, 0.3) is 10.9 Å². The molecule has 37 heavy (non-hydrogen) atoms. The van der Waals surface area contributed by atoms with E-state index < -0.39 is 0 Å². The first-order valence-corrected chi connectivity index (χ1v) is 13.8. The number of ether oxygens (including phenoxy) is 1. The van der Waals surface area contributed by atoms with Crippen molar-refractivity contribution in [2.45, 2.75) is 57.6 Å². The molecule has 4 aliphatic rings. The topological polar surface area (TPSA) is 83.5 Å². The molecule has 1 heterocycles. The molecule has 0 radical (unpaired) electrons. The minimum absolute atomic E-state index is 0.0863. The Morgan fingerprint density at radius 1 is 1.00 bits per heavy atom. The fourth-order valence-electron chi connectivity index (χ4n) is 7.64. The van der Waals surface area contributed by atoms with E-state index in [-0.39, 0.29) is 24.0 Å². The van der Waals surface area contributed by atoms with Gasteiger partial charge in [-0.05, 0) is 73.3 Å². The van der Waals surface area contributed by atoms with Crippen LogP contribution in [-0.2, 0) is 16.1 Å². The summed E-state index contributed by atoms with van der Waals surface area (Å²) in [5.74, 6) is 3.21. The lowest BCUT2D eigenvalue weighted by atomic mass is 9.49. The van der Waals surface area contributed by atoms with Crippen LogP contribution in [0.4, 0.5) is 11.5 Å². The Hall–Kier alpha value is -2.96. The highest BCUT2D eigenvalue weighted by atomic mass is 16.5. The summed E-state index contributed by atoms with van der Waals surface area (Å²) in [6, 6.07) is 19.4. The number of aliphatic hydroxyl groups excluding tert-OH is 1. The van der Waals surface area contributed by atoms with Gasteiger partial charge in [-0.1, -0.05) is 48.5 Å². The standard InChI is InChI=1S/C31H37N3O3/c35-18-25(20-37-19-21-6-2-1-3-7-21)32-29-13-28(26-8-4-5-9-27(26)33-29)34-30(36)17-31-14-22-10-23(15-31)12-24(11-22)16-31/h1-9,13,22-25,35H,10-12,14-20H2,(H2,32,33,34,36). The van der Waals surface area contributed by atoms with Gasteiger partial charge in [0, 0.05) is 17.9 Å². The first kappa shape index (κ1) is 24.4. The molecular formula is C31H37N3O3. The van der Waals surface area contributed by atoms with Gasteiger partial charge in [0.05, 0.1) is 37.1 Å². The van der Waals surface area contributed by atoms with E-state index in [9.17, 15) is 9.90 Å². The number of hydrogen-bond acceptors (Lipinski definition) is 5. The third kappa shape index (κ3) is 5.51. The van der Waals surface area contributed by atoms with Crippen molar-refractivity contribution in [2.75, 3.05) is 23.8 Å². The Morgan fingerprint density at radius 2 is 1.68 bits per heavy atom. The maximum absolute atomic E-state index is 13.4. The smallest absolute Gasteiger partial charge is 0.224 e. The molecule has 1 atom stereocenters. The quantitative estimate of drug-likeness (QED) is 0.330. The number of nitrogens with zero attached hydrogens (tertiary/aromatic N) is 1. The minimum Gasteiger partial charge on any atom is -0.394 e. The molecule has 2 aromatic carbocycles. The van der Waals surface area contributed by atoms with Gasteiger partial charge in [-0.2, -0.15) is 0 Å². The molecule has 0 aliphatic heterocycles. The molecule has 4 bridgehead atoms. The molecule has 7 rings (SSSR count). The largest absolute Gasteiger partial charge is 0.394 e. The molecule has 3 N–H and O–H groups in total. The number of pyridine rings is 1. The fourth-order valence-corrected chi connectivity index (χ4v) is 7.64. The van der Waals surface area contributed by atoms with Gasteiger partial charge < -0.3 is 20.5 Å². The maximum Gasteiger partial charge on any atom is 0.224 e. The first-order valence-electron chi connectivity index (χ1n) is 13.8. The van der Waals surface area contributed by atoms with E-state index >= 15 is 0 Å². The van der Waals surface area contributed by atoms with Crippen LogP contribution in [0.15, 0.2) is 60.7 Å². The number of benzene rings is 2. The molecule has 194 valence electrons. The zero-order valence-electron chi connectivity index (χ0n) is 21.4. The average molecular weight is 500 g/mol. The number of anilines is 2. The Kier molecular flexibility index (Phi) is 6.87. The second kappa shape index (κ2) is 10.4. The number of aromatic nitrogens is 1. The Labute approximate surface area is 218 Å². The number of para-hydroxylation sites is 1. The number of rotatable bonds is 10. The molecule has 6 nitrogen and oxygen atoms in total. The second-order valence-electron chi connectivity index (χ2n) is 11.7. The van der Waals surface area contributed by atoms with Crippen molar-refractivity contribution in [1.29, 1.82) is 0 Å². The average Bonchev–Trinajstić information content (AvgIpc) is 2.87. The highest BCUT2D eigenvalue weighted by molar-refractivity contribution is 6.02. The van der Waals surface area contributed by atoms with Crippen LogP contribution < -0.4 is 10.6 Å². The number of fused-ring (bicyclic) bond motifs is 1. The second-order valence-corrected chi connectivity index (χ2v) is 11.7. The minimum atomic E-state index is -0.312. The van der Waals surface area contributed by atoms with Crippen molar-refractivity contribution < 1.29 is 14.6 Å². The number of amides is 1. The van der Waals surface area contributed by atoms with Crippen LogP contribution in [-0.4, -0.2) is 35.3 Å². The Balaban J connectivity index is 1.14. The van der Waals surface area contributed by atoms with Gasteiger partial charge in [-0.15, -0.1) is 0 Å². The van der Waals surface area contributed by atoms with Gasteiger partial charge in [0.2, 0.25) is 5.91 Å². The predicted octanol–water partition coefficient (Wildman–Crippen LogP) is 5.77. The lowest BCUT2D eigenvalue weighted by Crippen LogP contribution is -2.47. The monoisotopic (exact) mass is 499 g/mol. The predicted molar refractivity (Wildman–Crippen MR) is 146 cm³/mol. The summed E-state index contributed by atoms with van der Waals surface area (Å²) in [5.41, 5.74) is 2.86. The van der Waals surface area contributed by atoms with Gasteiger partial charge >= 0.3 is 0 Å². The van der Waals surface area contributed by atoms with E-state index in [0.717, 1.165) is 39.9 Å². The third-order valence-corrected chi connectivity index (χ3v) is 8.69. The van der Waals surface area contributed by atoms with Crippen LogP contribution in [0.5, 0.6) is 0 Å². The molecule has 4 saturated carbocycles. The van der Waals surface area contributed by atoms with Crippen LogP contribution in [0.3, 0.4) is 0 Å². The van der Waals surface area contributed by atoms with Crippen molar-refractivity contribution in [3.05, 3.63) is 66.2 Å². The first-order chi connectivity index (χ1) is 18.1. The Bertz CT molecular complexity index is 1210. The van der Waals surface area contributed by atoms with Gasteiger partial charge in [0.25, 0.3) is 0 Å². The van der Waals surface area contributed by atoms with Crippen molar-refractivity contribution in [3.63, 3.8) is 0 Å². The van der Waals surface area contributed by atoms with Crippen molar-refractivity contribution in [1.82, 2.24) is 4.98 Å². The van der Waals surface area contributed by atoms with E-state index in [1.807, 2.05) is 60.7 Å². The number of nitrogens with one attached hydrogen (secondary N) is 2. The lowest BCUT2D eigenvalue weighted by Gasteiger charge is -2.56. The molecular weight excluding hydrogens is 462 g/mol. The summed E-state index contributed by atoms with van der Waals surface area (Å²) >= 11 is 0. The highest BCUT2D eigenvalue weighted by Crippen LogP contribution is 2.61. The number of aliphatic hydroxyl groups is 1. The summed E-state index contributed by atoms with van der Waals surface area (Å²) < 4.78 is 5.84. The van der Waals surface area contributed by atoms with Crippen molar-refractivity contribution in [2.24, 2.45) is 23.2 Å². The summed E-state index contributed by atoms with van der Waals surface area (Å²) in [5, 5.41) is 17.4. The van der Waals surface area contributed by atoms with Gasteiger partial charge in [-0.3, -0.25) is 4.79 Å². The summed E-state index contributed by atoms with van der Waals surface area (Å²) in [6.07, 6.45) is 8.42. The van der Waals surface area contributed by atoms with Gasteiger partial charge in [-0.25, -0.2) is 4.98 Å². The van der Waals surface area contributed by atoms with Gasteiger partial charge in [0.15, 0.2) is 0 Å². The molecule has 1 amide bonds. The molecule has 4 fully saturated rings. The molecule has 1 aromatic heterocycles. The molecule has 1 unspecified atom stereocenters. The van der Waals surface area contributed by atoms with Crippen molar-refractivity contribution >= 4 is 28.3 Å². The van der Waals surface area contributed by atoms with E-state index in [1.165, 1.54) is 38.5 Å². The number of carbonyl (C=O) groups excluding carboxylic acids is 1. The van der Waals surface area contributed by atoms with Crippen LogP contribution >= 0.6 is 0 Å². The van der Waals surface area contributed by atoms with Gasteiger partial charge in [0.1, 0.15) is 5.82 Å². The lowest BCUT2D eigenvalue weighted by molar-refractivity contribution is -0.124. The SMILES string of the molecule is O=C(CC12CC3CC(CC(C3)C1)C2)Nc1cc(NC(CO)COCc2ccccc2)nc2ccccc12. The normalized spacial score (nSPS) is 26.8. The van der Waals surface area contributed by atoms with E-state index in [1.54, 1.807) is 0 Å². The van der Waals surface area contributed by atoms with Crippen LogP contribution in [0.2, 0.25) is 0 Å². The van der Waals surface area contributed by atoms with Crippen LogP contribution in [0.1, 0.15) is 50.5 Å². The molecule has 4 aliphatic carbocycles. The molecule has 6 heteroatoms. The highest BCUT2D eigenvalue weighted by Gasteiger charge is 2.51. The number of carbonyl (C=O) groups is 1. The van der Waals surface area contributed by atoms with E-state index in [4.69, 9.17) is 9.72 Å². The van der Waals surface area contributed by atoms with Crippen molar-refractivity contribution in [3.8, 4) is 0 Å². The number of hydrogen-bond donors (Lipinski definition) is 3. The van der Waals surface area contributed by atoms with Crippen LogP contribution in [0, 0.1) is 23.2 Å².